The van der Waals surface area contributed by atoms with E-state index in [9.17, 15) is 9.59 Å². The van der Waals surface area contributed by atoms with Gasteiger partial charge in [-0.15, -0.1) is 0 Å². The standard InChI is InChI=1S/C17H21N7O3/c1-27-13-5-3-2-4-12(13)24-14-11(21-16(24)26)9-20-17(23-14,15(18)25)22-10-6-7-19-8-10/h2-5,9-10,19,22-23H,6-8H2,1H3,(H2,18,25)(H,21,26)/t10?,17-/m1/s1. The van der Waals surface area contributed by atoms with E-state index < -0.39 is 11.7 Å². The van der Waals surface area contributed by atoms with Crippen molar-refractivity contribution in [3.8, 4) is 11.4 Å². The summed E-state index contributed by atoms with van der Waals surface area (Å²) in [5, 5.41) is 9.44. The lowest BCUT2D eigenvalue weighted by Gasteiger charge is -2.34. The maximum Gasteiger partial charge on any atom is 0.332 e. The van der Waals surface area contributed by atoms with Crippen LogP contribution >= 0.6 is 0 Å². The van der Waals surface area contributed by atoms with Gasteiger partial charge in [0.25, 0.3) is 11.7 Å². The molecule has 4 rings (SSSR count). The Morgan fingerprint density at radius 3 is 2.96 bits per heavy atom. The summed E-state index contributed by atoms with van der Waals surface area (Å²) < 4.78 is 6.78. The Bertz CT molecular complexity index is 958. The Hall–Kier alpha value is -3.11. The van der Waals surface area contributed by atoms with E-state index in [1.807, 2.05) is 6.07 Å². The summed E-state index contributed by atoms with van der Waals surface area (Å²) in [7, 11) is 1.53. The van der Waals surface area contributed by atoms with Crippen LogP contribution < -0.4 is 32.1 Å². The van der Waals surface area contributed by atoms with Gasteiger partial charge in [0.1, 0.15) is 17.3 Å². The topological polar surface area (TPSA) is 139 Å². The third-order valence-electron chi connectivity index (χ3n) is 4.77. The zero-order valence-corrected chi connectivity index (χ0v) is 14.8. The fourth-order valence-corrected chi connectivity index (χ4v) is 3.42. The molecular formula is C17H21N7O3. The number of benzene rings is 1. The first-order valence-electron chi connectivity index (χ1n) is 8.64. The molecule has 1 saturated heterocycles. The smallest absolute Gasteiger partial charge is 0.332 e. The zero-order chi connectivity index (χ0) is 19.0. The molecule has 1 amide bonds. The Kier molecular flexibility index (Phi) is 4.21. The number of aromatic amines is 1. The van der Waals surface area contributed by atoms with Gasteiger partial charge in [-0.25, -0.2) is 14.4 Å². The molecule has 1 aromatic heterocycles. The second kappa shape index (κ2) is 6.56. The van der Waals surface area contributed by atoms with Crippen molar-refractivity contribution in [3.05, 3.63) is 40.4 Å². The minimum Gasteiger partial charge on any atom is -0.495 e. The normalized spacial score (nSPS) is 23.7. The minimum absolute atomic E-state index is 0.0223. The SMILES string of the molecule is COc1ccccc1-n1c2c([nH]c1=O)C=N[C@@](NC1CCNC1)(C(N)=O)N2. The van der Waals surface area contributed by atoms with E-state index in [2.05, 4.69) is 25.9 Å². The number of nitrogens with one attached hydrogen (secondary N) is 4. The number of hydrogen-bond acceptors (Lipinski definition) is 7. The van der Waals surface area contributed by atoms with Crippen LogP contribution in [-0.4, -0.2) is 53.7 Å². The molecule has 10 nitrogen and oxygen atoms in total. The quantitative estimate of drug-likeness (QED) is 0.462. The first kappa shape index (κ1) is 17.3. The number of hydrogen-bond donors (Lipinski definition) is 5. The predicted molar refractivity (Wildman–Crippen MR) is 100 cm³/mol. The second-order valence-electron chi connectivity index (χ2n) is 6.49. The molecule has 27 heavy (non-hydrogen) atoms. The van der Waals surface area contributed by atoms with Crippen molar-refractivity contribution in [1.29, 1.82) is 0 Å². The predicted octanol–water partition coefficient (Wildman–Crippen LogP) is -0.891. The Labute approximate surface area is 154 Å². The van der Waals surface area contributed by atoms with Crippen molar-refractivity contribution >= 4 is 17.9 Å². The van der Waals surface area contributed by atoms with Crippen molar-refractivity contribution in [2.45, 2.75) is 18.2 Å². The van der Waals surface area contributed by atoms with Crippen molar-refractivity contribution in [1.82, 2.24) is 20.2 Å². The molecule has 1 fully saturated rings. The van der Waals surface area contributed by atoms with Crippen LogP contribution in [0.3, 0.4) is 0 Å². The van der Waals surface area contributed by atoms with E-state index in [-0.39, 0.29) is 11.7 Å². The number of imidazole rings is 1. The number of methoxy groups -OCH3 is 1. The Morgan fingerprint density at radius 2 is 2.26 bits per heavy atom. The third-order valence-corrected chi connectivity index (χ3v) is 4.77. The van der Waals surface area contributed by atoms with Gasteiger partial charge in [0, 0.05) is 12.6 Å². The van der Waals surface area contributed by atoms with Crippen LogP contribution in [0.25, 0.3) is 5.69 Å². The van der Waals surface area contributed by atoms with Crippen LogP contribution in [0, 0.1) is 0 Å². The number of primary amides is 1. The van der Waals surface area contributed by atoms with Crippen molar-refractivity contribution in [2.75, 3.05) is 25.5 Å². The minimum atomic E-state index is -1.54. The number of rotatable bonds is 5. The molecular weight excluding hydrogens is 350 g/mol. The summed E-state index contributed by atoms with van der Waals surface area (Å²) in [6.07, 6.45) is 2.28. The number of nitrogens with zero attached hydrogens (tertiary/aromatic N) is 2. The number of carbonyl (C=O) groups is 1. The van der Waals surface area contributed by atoms with E-state index >= 15 is 0 Å². The molecule has 1 aromatic carbocycles. The summed E-state index contributed by atoms with van der Waals surface area (Å²) in [5.74, 6) is -1.32. The van der Waals surface area contributed by atoms with Gasteiger partial charge in [0.15, 0.2) is 0 Å². The first-order valence-corrected chi connectivity index (χ1v) is 8.64. The number of aliphatic imine (C=N–C) groups is 1. The van der Waals surface area contributed by atoms with Gasteiger partial charge < -0.3 is 26.1 Å². The van der Waals surface area contributed by atoms with Gasteiger partial charge in [-0.05, 0) is 25.1 Å². The van der Waals surface area contributed by atoms with Gasteiger partial charge in [-0.1, -0.05) is 12.1 Å². The Balaban J connectivity index is 1.79. The molecule has 2 aromatic rings. The van der Waals surface area contributed by atoms with E-state index in [0.29, 0.717) is 29.5 Å². The van der Waals surface area contributed by atoms with Crippen LogP contribution in [0.1, 0.15) is 12.1 Å². The number of aromatic nitrogens is 2. The average molecular weight is 371 g/mol. The summed E-state index contributed by atoms with van der Waals surface area (Å²) in [6.45, 7) is 1.54. The van der Waals surface area contributed by atoms with Crippen molar-refractivity contribution in [2.24, 2.45) is 10.7 Å². The number of carbonyl (C=O) groups excluding carboxylic acids is 1. The van der Waals surface area contributed by atoms with E-state index in [1.165, 1.54) is 17.9 Å². The molecule has 6 N–H and O–H groups in total. The zero-order valence-electron chi connectivity index (χ0n) is 14.8. The molecule has 0 bridgehead atoms. The lowest BCUT2D eigenvalue weighted by Crippen LogP contribution is -2.64. The highest BCUT2D eigenvalue weighted by Gasteiger charge is 2.42. The van der Waals surface area contributed by atoms with Crippen LogP contribution in [0.5, 0.6) is 5.75 Å². The fourth-order valence-electron chi connectivity index (χ4n) is 3.42. The van der Waals surface area contributed by atoms with Gasteiger partial charge in [0.2, 0.25) is 0 Å². The number of amides is 1. The highest BCUT2D eigenvalue weighted by molar-refractivity contribution is 5.96. The molecule has 0 saturated carbocycles. The molecule has 0 spiro atoms. The monoisotopic (exact) mass is 371 g/mol. The van der Waals surface area contributed by atoms with Crippen LogP contribution in [0.4, 0.5) is 5.82 Å². The first-order chi connectivity index (χ1) is 13.0. The fraction of sp³-hybridized carbons (Fsp3) is 0.353. The lowest BCUT2D eigenvalue weighted by atomic mass is 10.2. The highest BCUT2D eigenvalue weighted by Crippen LogP contribution is 2.29. The maximum atomic E-state index is 12.6. The molecule has 0 aliphatic carbocycles. The summed E-state index contributed by atoms with van der Waals surface area (Å²) in [4.78, 5) is 31.9. The average Bonchev–Trinajstić information content (AvgIpc) is 3.28. The maximum absolute atomic E-state index is 12.6. The Morgan fingerprint density at radius 1 is 1.44 bits per heavy atom. The second-order valence-corrected chi connectivity index (χ2v) is 6.49. The molecule has 2 atom stereocenters. The number of nitrogens with two attached hydrogens (primary N) is 1. The van der Waals surface area contributed by atoms with Crippen molar-refractivity contribution in [3.63, 3.8) is 0 Å². The van der Waals surface area contributed by atoms with Gasteiger partial charge in [-0.2, -0.15) is 0 Å². The highest BCUT2D eigenvalue weighted by atomic mass is 16.5. The van der Waals surface area contributed by atoms with Gasteiger partial charge in [-0.3, -0.25) is 10.1 Å². The van der Waals surface area contributed by atoms with Crippen molar-refractivity contribution < 1.29 is 9.53 Å². The number of fused-ring (bicyclic) bond motifs is 1. The molecule has 1 unspecified atom stereocenters. The molecule has 142 valence electrons. The number of ether oxygens (including phenoxy) is 1. The summed E-state index contributed by atoms with van der Waals surface area (Å²) >= 11 is 0. The van der Waals surface area contributed by atoms with Crippen LogP contribution in [0.15, 0.2) is 34.1 Å². The lowest BCUT2D eigenvalue weighted by molar-refractivity contribution is -0.123. The third kappa shape index (κ3) is 2.88. The molecule has 10 heteroatoms. The largest absolute Gasteiger partial charge is 0.495 e. The summed E-state index contributed by atoms with van der Waals surface area (Å²) in [6, 6.07) is 7.13. The number of para-hydroxylation sites is 2. The number of H-pyrrole nitrogens is 1. The van der Waals surface area contributed by atoms with Crippen LogP contribution in [-0.2, 0) is 4.79 Å². The van der Waals surface area contributed by atoms with E-state index in [1.54, 1.807) is 18.2 Å². The van der Waals surface area contributed by atoms with E-state index in [4.69, 9.17) is 10.5 Å². The van der Waals surface area contributed by atoms with Gasteiger partial charge >= 0.3 is 5.69 Å². The molecule has 3 heterocycles. The van der Waals surface area contributed by atoms with Crippen LogP contribution in [0.2, 0.25) is 0 Å². The molecule has 2 aliphatic rings. The van der Waals surface area contributed by atoms with Gasteiger partial charge in [0.05, 0.1) is 19.0 Å². The molecule has 0 radical (unpaired) electrons. The number of anilines is 1. The molecule has 2 aliphatic heterocycles. The van der Waals surface area contributed by atoms with E-state index in [0.717, 1.165) is 13.0 Å². The summed E-state index contributed by atoms with van der Waals surface area (Å²) in [5.41, 5.74) is 6.27.